The van der Waals surface area contributed by atoms with E-state index in [4.69, 9.17) is 0 Å². The van der Waals surface area contributed by atoms with Gasteiger partial charge in [-0.25, -0.2) is 0 Å². The summed E-state index contributed by atoms with van der Waals surface area (Å²) in [6.07, 6.45) is 1.49. The van der Waals surface area contributed by atoms with Crippen molar-refractivity contribution in [3.63, 3.8) is 0 Å². The Balaban J connectivity index is 2.96. The Labute approximate surface area is 36.2 Å². The van der Waals surface area contributed by atoms with Crippen LogP contribution in [0.5, 0.6) is 0 Å². The van der Waals surface area contributed by atoms with E-state index in [1.54, 1.807) is 0 Å². The van der Waals surface area contributed by atoms with Crippen LogP contribution >= 0.6 is 0 Å². The Hall–Kier alpha value is -0.400. The highest BCUT2D eigenvalue weighted by molar-refractivity contribution is 5.53. The molecule has 0 rings (SSSR count). The second-order valence-electron chi connectivity index (χ2n) is 1.17. The molecule has 35 valence electrons. The van der Waals surface area contributed by atoms with Crippen molar-refractivity contribution in [2.24, 2.45) is 5.92 Å². The van der Waals surface area contributed by atoms with Crippen LogP contribution in [0, 0.1) is 5.92 Å². The maximum atomic E-state index is 11.1. The van der Waals surface area contributed by atoms with Gasteiger partial charge >= 0.3 is 0 Å². The molecule has 0 fully saturated rings. The third-order valence-corrected chi connectivity index (χ3v) is 0.433. The highest BCUT2D eigenvalue weighted by atomic mass is 19.1. The predicted octanol–water partition coefficient (Wildman–Crippen LogP) is 0.702. The molecular weight excluding hydrogens is 83.0 g/mol. The third kappa shape index (κ3) is 1.88. The van der Waals surface area contributed by atoms with E-state index in [9.17, 15) is 9.18 Å². The van der Waals surface area contributed by atoms with Crippen molar-refractivity contribution in [1.82, 2.24) is 0 Å². The van der Waals surface area contributed by atoms with Gasteiger partial charge in [0.2, 0.25) is 6.29 Å². The Morgan fingerprint density at radius 2 is 2.50 bits per heavy atom. The number of hydrogen-bond acceptors (Lipinski definition) is 1. The average Bonchev–Trinajstić information content (AvgIpc) is 1.65. The normalized spacial score (nSPS) is 13.7. The van der Waals surface area contributed by atoms with Gasteiger partial charge in [0.05, 0.1) is 12.6 Å². The standard InChI is InChI=1S/C4H6FO/c1-4(2-5)3-6/h4H,2H2,1H3. The molecule has 0 saturated carbocycles. The summed E-state index contributed by atoms with van der Waals surface area (Å²) < 4.78 is 11.1. The molecule has 0 aliphatic rings. The second kappa shape index (κ2) is 2.82. The molecular formula is C4H6FO. The molecule has 1 atom stereocenters. The summed E-state index contributed by atoms with van der Waals surface area (Å²) in [4.78, 5) is 9.37. The van der Waals surface area contributed by atoms with Gasteiger partial charge in [0.1, 0.15) is 0 Å². The fourth-order valence-corrected chi connectivity index (χ4v) is 0.0315. The maximum Gasteiger partial charge on any atom is 0.204 e. The molecule has 0 bridgehead atoms. The highest BCUT2D eigenvalue weighted by Crippen LogP contribution is 1.86. The zero-order valence-electron chi connectivity index (χ0n) is 3.57. The summed E-state index contributed by atoms with van der Waals surface area (Å²) in [6.45, 7) is 0.885. The molecule has 1 radical (unpaired) electrons. The lowest BCUT2D eigenvalue weighted by Gasteiger charge is -1.84. The molecule has 6 heavy (non-hydrogen) atoms. The Morgan fingerprint density at radius 1 is 2.00 bits per heavy atom. The van der Waals surface area contributed by atoms with E-state index in [2.05, 4.69) is 0 Å². The largest absolute Gasteiger partial charge is 0.290 e. The number of alkyl halides is 1. The SMILES string of the molecule is CC([C]=O)CF. The third-order valence-electron chi connectivity index (χ3n) is 0.433. The van der Waals surface area contributed by atoms with Crippen molar-refractivity contribution in [3.8, 4) is 0 Å². The molecule has 0 saturated heterocycles. The van der Waals surface area contributed by atoms with Crippen LogP contribution in [0.3, 0.4) is 0 Å². The first-order valence-corrected chi connectivity index (χ1v) is 1.75. The van der Waals surface area contributed by atoms with Crippen LogP contribution in [0.1, 0.15) is 6.92 Å². The van der Waals surface area contributed by atoms with E-state index >= 15 is 0 Å². The lowest BCUT2D eigenvalue weighted by molar-refractivity contribution is 0.425. The summed E-state index contributed by atoms with van der Waals surface area (Å²) in [5, 5.41) is 0. The predicted molar refractivity (Wildman–Crippen MR) is 20.8 cm³/mol. The lowest BCUT2D eigenvalue weighted by Crippen LogP contribution is -1.95. The first-order valence-electron chi connectivity index (χ1n) is 1.75. The van der Waals surface area contributed by atoms with Crippen LogP contribution in [-0.2, 0) is 4.79 Å². The topological polar surface area (TPSA) is 17.1 Å². The van der Waals surface area contributed by atoms with Crippen LogP contribution in [0.2, 0.25) is 0 Å². The van der Waals surface area contributed by atoms with Crippen LogP contribution in [0.4, 0.5) is 4.39 Å². The molecule has 0 N–H and O–H groups in total. The molecule has 1 nitrogen and oxygen atoms in total. The Bertz CT molecular complexity index is 44.8. The minimum atomic E-state index is -0.594. The van der Waals surface area contributed by atoms with Gasteiger partial charge in [-0.2, -0.15) is 0 Å². The number of carbonyl (C=O) groups excluding carboxylic acids is 1. The van der Waals surface area contributed by atoms with Crippen molar-refractivity contribution in [2.75, 3.05) is 6.67 Å². The van der Waals surface area contributed by atoms with E-state index < -0.39 is 12.6 Å². The maximum absolute atomic E-state index is 11.1. The fourth-order valence-electron chi connectivity index (χ4n) is 0.0315. The first kappa shape index (κ1) is 5.60. The Kier molecular flexibility index (Phi) is 2.63. The summed E-state index contributed by atoms with van der Waals surface area (Å²) >= 11 is 0. The van der Waals surface area contributed by atoms with Crippen molar-refractivity contribution < 1.29 is 9.18 Å². The van der Waals surface area contributed by atoms with Crippen molar-refractivity contribution in [1.29, 1.82) is 0 Å². The minimum Gasteiger partial charge on any atom is -0.290 e. The summed E-state index contributed by atoms with van der Waals surface area (Å²) in [7, 11) is 0. The molecule has 0 heterocycles. The second-order valence-corrected chi connectivity index (χ2v) is 1.17. The number of rotatable bonds is 2. The van der Waals surface area contributed by atoms with Gasteiger partial charge in [0.15, 0.2) is 0 Å². The first-order chi connectivity index (χ1) is 2.81. The molecule has 0 aliphatic heterocycles. The van der Waals surface area contributed by atoms with Crippen molar-refractivity contribution >= 4 is 6.29 Å². The van der Waals surface area contributed by atoms with Crippen LogP contribution < -0.4 is 0 Å². The fraction of sp³-hybridized carbons (Fsp3) is 0.750. The molecule has 2 heteroatoms. The van der Waals surface area contributed by atoms with E-state index in [0.29, 0.717) is 0 Å². The number of halogens is 1. The van der Waals surface area contributed by atoms with Crippen molar-refractivity contribution in [2.45, 2.75) is 6.92 Å². The minimum absolute atomic E-state index is 0.537. The molecule has 0 aliphatic carbocycles. The van der Waals surface area contributed by atoms with Gasteiger partial charge in [0.25, 0.3) is 0 Å². The molecule has 0 spiro atoms. The van der Waals surface area contributed by atoms with E-state index in [1.165, 1.54) is 13.2 Å². The Morgan fingerprint density at radius 3 is 2.50 bits per heavy atom. The van der Waals surface area contributed by atoms with E-state index in [-0.39, 0.29) is 0 Å². The molecule has 1 unspecified atom stereocenters. The summed E-state index contributed by atoms with van der Waals surface area (Å²) in [5.74, 6) is -0.537. The van der Waals surface area contributed by atoms with Crippen molar-refractivity contribution in [3.05, 3.63) is 0 Å². The zero-order chi connectivity index (χ0) is 4.99. The van der Waals surface area contributed by atoms with E-state index in [1.807, 2.05) is 0 Å². The number of hydrogen-bond donors (Lipinski definition) is 0. The van der Waals surface area contributed by atoms with E-state index in [0.717, 1.165) is 0 Å². The van der Waals surface area contributed by atoms with Crippen LogP contribution in [0.25, 0.3) is 0 Å². The van der Waals surface area contributed by atoms with Gasteiger partial charge < -0.3 is 0 Å². The van der Waals surface area contributed by atoms with Gasteiger partial charge in [0, 0.05) is 0 Å². The van der Waals surface area contributed by atoms with Gasteiger partial charge in [-0.15, -0.1) is 0 Å². The molecule has 0 aromatic carbocycles. The quantitative estimate of drug-likeness (QED) is 0.486. The van der Waals surface area contributed by atoms with Gasteiger partial charge in [-0.05, 0) is 0 Å². The highest BCUT2D eigenvalue weighted by Gasteiger charge is 1.94. The smallest absolute Gasteiger partial charge is 0.204 e. The van der Waals surface area contributed by atoms with Crippen LogP contribution in [-0.4, -0.2) is 13.0 Å². The van der Waals surface area contributed by atoms with Gasteiger partial charge in [-0.1, -0.05) is 6.92 Å². The summed E-state index contributed by atoms with van der Waals surface area (Å²) in [5.41, 5.74) is 0. The molecule has 0 amide bonds. The summed E-state index contributed by atoms with van der Waals surface area (Å²) in [6, 6.07) is 0. The zero-order valence-corrected chi connectivity index (χ0v) is 3.57. The lowest BCUT2D eigenvalue weighted by atomic mass is 10.2. The molecule has 0 aromatic rings. The van der Waals surface area contributed by atoms with Crippen LogP contribution in [0.15, 0.2) is 0 Å². The average molecular weight is 89.1 g/mol. The van der Waals surface area contributed by atoms with Gasteiger partial charge in [-0.3, -0.25) is 9.18 Å². The molecule has 0 aromatic heterocycles. The monoisotopic (exact) mass is 89.0 g/mol.